The van der Waals surface area contributed by atoms with E-state index < -0.39 is 0 Å². The highest BCUT2D eigenvalue weighted by molar-refractivity contribution is 7.80. The Morgan fingerprint density at radius 1 is 1.71 bits per heavy atom. The molecule has 1 heterocycles. The van der Waals surface area contributed by atoms with E-state index in [0.717, 1.165) is 0 Å². The van der Waals surface area contributed by atoms with Crippen molar-refractivity contribution in [3.63, 3.8) is 0 Å². The summed E-state index contributed by atoms with van der Waals surface area (Å²) in [6, 6.07) is 0. The molecule has 0 spiro atoms. The smallest absolute Gasteiger partial charge is 0.173 e. The Labute approximate surface area is 52.1 Å². The Bertz CT molecular complexity index is 104. The van der Waals surface area contributed by atoms with E-state index in [-0.39, 0.29) is 12.4 Å². The highest BCUT2D eigenvalue weighted by Gasteiger charge is 1.98. The summed E-state index contributed by atoms with van der Waals surface area (Å²) in [5, 5.41) is 6.52. The topological polar surface area (TPSA) is 34.0 Å². The summed E-state index contributed by atoms with van der Waals surface area (Å²) in [6.07, 6.45) is 0. The predicted octanol–water partition coefficient (Wildman–Crippen LogP) is 1.13. The summed E-state index contributed by atoms with van der Waals surface area (Å²) in [6.45, 7) is 0.384. The van der Waals surface area contributed by atoms with Gasteiger partial charge in [-0.25, -0.2) is 0 Å². The van der Waals surface area contributed by atoms with Crippen molar-refractivity contribution in [2.45, 2.75) is 0 Å². The first-order valence-electron chi connectivity index (χ1n) is 1.45. The Morgan fingerprint density at radius 2 is 2.43 bits per heavy atom. The first-order valence-corrected chi connectivity index (χ1v) is 1.86. The van der Waals surface area contributed by atoms with Gasteiger partial charge < -0.3 is 4.84 Å². The molecule has 0 atom stereocenters. The summed E-state index contributed by atoms with van der Waals surface area (Å²) in [7, 11) is 0. The number of nitrogens with zero attached hydrogens (tertiary/aromatic N) is 2. The quantitative estimate of drug-likeness (QED) is 0.471. The van der Waals surface area contributed by atoms with Gasteiger partial charge in [-0.05, 0) is 0 Å². The maximum atomic E-state index is 4.53. The minimum Gasteiger partial charge on any atom is -0.372 e. The van der Waals surface area contributed by atoms with Crippen molar-refractivity contribution >= 4 is 29.6 Å². The fraction of sp³-hybridized carbons (Fsp3) is 0.500. The average Bonchev–Trinajstić information content (AvgIpc) is 1.86. The Kier molecular flexibility index (Phi) is 2.78. The number of hydrogen-bond acceptors (Lipinski definition) is 3. The largest absolute Gasteiger partial charge is 0.372 e. The molecule has 5 heteroatoms. The molecule has 0 saturated carbocycles. The molecule has 0 saturated heterocycles. The third kappa shape index (κ3) is 1.80. The molecule has 0 aromatic heterocycles. The predicted molar refractivity (Wildman–Crippen MR) is 30.7 cm³/mol. The van der Waals surface area contributed by atoms with Gasteiger partial charge in [-0.1, -0.05) is 12.2 Å². The molecule has 1 rings (SSSR count). The van der Waals surface area contributed by atoms with E-state index in [9.17, 15) is 0 Å². The van der Waals surface area contributed by atoms with Gasteiger partial charge in [0.2, 0.25) is 0 Å². The molecule has 0 fully saturated rings. The van der Waals surface area contributed by atoms with Gasteiger partial charge in [-0.15, -0.1) is 17.5 Å². The molecule has 0 N–H and O–H groups in total. The van der Waals surface area contributed by atoms with Crippen molar-refractivity contribution < 1.29 is 4.84 Å². The average molecular weight is 139 g/mol. The summed E-state index contributed by atoms with van der Waals surface area (Å²) in [5.74, 6) is 0. The van der Waals surface area contributed by atoms with Gasteiger partial charge in [-0.2, -0.15) is 0 Å². The summed E-state index contributed by atoms with van der Waals surface area (Å²) >= 11 is 4.53. The molecule has 0 aromatic rings. The SMILES string of the molecule is Cl.S=C1CON=N1. The highest BCUT2D eigenvalue weighted by atomic mass is 35.5. The lowest BCUT2D eigenvalue weighted by Crippen LogP contribution is -1.88. The van der Waals surface area contributed by atoms with Gasteiger partial charge in [-0.3, -0.25) is 0 Å². The molecule has 0 bridgehead atoms. The molecule has 40 valence electrons. The van der Waals surface area contributed by atoms with E-state index in [0.29, 0.717) is 11.6 Å². The van der Waals surface area contributed by atoms with Crippen LogP contribution in [-0.4, -0.2) is 11.6 Å². The van der Waals surface area contributed by atoms with Gasteiger partial charge in [0.15, 0.2) is 11.6 Å². The maximum Gasteiger partial charge on any atom is 0.173 e. The lowest BCUT2D eigenvalue weighted by Gasteiger charge is -1.73. The lowest BCUT2D eigenvalue weighted by atomic mass is 10.7. The van der Waals surface area contributed by atoms with Gasteiger partial charge >= 0.3 is 0 Å². The van der Waals surface area contributed by atoms with Gasteiger partial charge in [0.1, 0.15) is 0 Å². The van der Waals surface area contributed by atoms with E-state index in [2.05, 4.69) is 27.4 Å². The van der Waals surface area contributed by atoms with Crippen molar-refractivity contribution in [2.75, 3.05) is 6.61 Å². The molecule has 0 radical (unpaired) electrons. The molecule has 0 unspecified atom stereocenters. The van der Waals surface area contributed by atoms with Crippen LogP contribution in [-0.2, 0) is 4.84 Å². The minimum atomic E-state index is 0. The Morgan fingerprint density at radius 3 is 2.57 bits per heavy atom. The van der Waals surface area contributed by atoms with Crippen LogP contribution in [0, 0.1) is 0 Å². The molecular formula is C2H3ClN2OS. The summed E-state index contributed by atoms with van der Waals surface area (Å²) in [4.78, 5) is 4.90. The Balaban J connectivity index is 0.000000360. The second-order valence-electron chi connectivity index (χ2n) is 0.849. The molecule has 0 amide bonds. The van der Waals surface area contributed by atoms with Crippen molar-refractivity contribution in [2.24, 2.45) is 10.4 Å². The van der Waals surface area contributed by atoms with Crippen molar-refractivity contribution in [1.29, 1.82) is 0 Å². The van der Waals surface area contributed by atoms with Crippen LogP contribution >= 0.6 is 24.6 Å². The van der Waals surface area contributed by atoms with E-state index in [1.165, 1.54) is 0 Å². The second-order valence-corrected chi connectivity index (χ2v) is 1.32. The Hall–Kier alpha value is -0.220. The minimum absolute atomic E-state index is 0. The lowest BCUT2D eigenvalue weighted by molar-refractivity contribution is 0.186. The molecule has 7 heavy (non-hydrogen) atoms. The zero-order chi connectivity index (χ0) is 4.41. The first-order chi connectivity index (χ1) is 2.89. The highest BCUT2D eigenvalue weighted by Crippen LogP contribution is 1.93. The first kappa shape index (κ1) is 6.78. The van der Waals surface area contributed by atoms with Gasteiger partial charge in [0, 0.05) is 5.28 Å². The van der Waals surface area contributed by atoms with Crippen LogP contribution in [0.5, 0.6) is 0 Å². The van der Waals surface area contributed by atoms with Crippen molar-refractivity contribution in [3.8, 4) is 0 Å². The van der Waals surface area contributed by atoms with E-state index in [1.54, 1.807) is 0 Å². The van der Waals surface area contributed by atoms with Gasteiger partial charge in [0.25, 0.3) is 0 Å². The number of rotatable bonds is 0. The monoisotopic (exact) mass is 138 g/mol. The second kappa shape index (κ2) is 2.87. The number of hydrogen-bond donors (Lipinski definition) is 0. The van der Waals surface area contributed by atoms with Crippen LogP contribution < -0.4 is 0 Å². The molecule has 1 aliphatic heterocycles. The molecule has 0 aliphatic carbocycles. The van der Waals surface area contributed by atoms with Crippen LogP contribution in [0.2, 0.25) is 0 Å². The van der Waals surface area contributed by atoms with Crippen molar-refractivity contribution in [1.82, 2.24) is 0 Å². The van der Waals surface area contributed by atoms with Gasteiger partial charge in [0.05, 0.1) is 0 Å². The fourth-order valence-electron chi connectivity index (χ4n) is 0.187. The van der Waals surface area contributed by atoms with Crippen LogP contribution in [0.1, 0.15) is 0 Å². The van der Waals surface area contributed by atoms with Crippen LogP contribution in [0.3, 0.4) is 0 Å². The standard InChI is InChI=1S/C2H2N2OS.ClH/c6-2-1-5-4-3-2;/h1H2;1H. The van der Waals surface area contributed by atoms with E-state index >= 15 is 0 Å². The summed E-state index contributed by atoms with van der Waals surface area (Å²) < 4.78 is 0. The normalized spacial score (nSPS) is 15.7. The third-order valence-corrected chi connectivity index (χ3v) is 0.598. The molecule has 1 aliphatic rings. The zero-order valence-corrected chi connectivity index (χ0v) is 4.96. The van der Waals surface area contributed by atoms with Crippen LogP contribution in [0.25, 0.3) is 0 Å². The van der Waals surface area contributed by atoms with Crippen LogP contribution in [0.4, 0.5) is 0 Å². The zero-order valence-electron chi connectivity index (χ0n) is 3.33. The third-order valence-electron chi connectivity index (χ3n) is 0.398. The summed E-state index contributed by atoms with van der Waals surface area (Å²) in [5.41, 5.74) is 0. The molecule has 3 nitrogen and oxygen atoms in total. The maximum absolute atomic E-state index is 4.53. The fourth-order valence-corrected chi connectivity index (χ4v) is 0.273. The van der Waals surface area contributed by atoms with E-state index in [4.69, 9.17) is 0 Å². The van der Waals surface area contributed by atoms with Crippen molar-refractivity contribution in [3.05, 3.63) is 0 Å². The number of thiocarbonyl (C=S) groups is 1. The molecule has 0 aromatic carbocycles. The van der Waals surface area contributed by atoms with Crippen LogP contribution in [0.15, 0.2) is 10.4 Å². The van der Waals surface area contributed by atoms with E-state index in [1.807, 2.05) is 0 Å². The molecular weight excluding hydrogens is 136 g/mol. The number of halogens is 1.